The highest BCUT2D eigenvalue weighted by Crippen LogP contribution is 2.67. The van der Waals surface area contributed by atoms with Crippen LogP contribution in [0.25, 0.3) is 0 Å². The highest BCUT2D eigenvalue weighted by atomic mass is 16.1. The molecule has 4 saturated carbocycles. The van der Waals surface area contributed by atoms with Gasteiger partial charge in [0, 0.05) is 18.4 Å². The van der Waals surface area contributed by atoms with E-state index in [1.165, 1.54) is 44.9 Å². The number of hydrogen-bond acceptors (Lipinski definition) is 2. The molecule has 0 aromatic rings. The smallest absolute Gasteiger partial charge is 0.159 e. The topological polar surface area (TPSA) is 34.1 Å². The fraction of sp³-hybridized carbons (Fsp3) is 0.862. The highest BCUT2D eigenvalue weighted by Gasteiger charge is 2.61. The molecule has 0 heterocycles. The van der Waals surface area contributed by atoms with Crippen LogP contribution in [0.15, 0.2) is 11.6 Å². The van der Waals surface area contributed by atoms with Crippen LogP contribution in [0.2, 0.25) is 0 Å². The molecule has 0 N–H and O–H groups in total. The molecule has 2 heteroatoms. The molecule has 172 valence electrons. The molecule has 0 aliphatic heterocycles. The highest BCUT2D eigenvalue weighted by molar-refractivity contribution is 6.05. The van der Waals surface area contributed by atoms with Gasteiger partial charge in [-0.15, -0.1) is 0 Å². The Hall–Kier alpha value is -0.920. The number of ketones is 2. The van der Waals surface area contributed by atoms with E-state index >= 15 is 0 Å². The summed E-state index contributed by atoms with van der Waals surface area (Å²) in [6.07, 6.45) is 13.5. The molecule has 0 aromatic heterocycles. The number of hydrogen-bond donors (Lipinski definition) is 0. The Balaban J connectivity index is 1.31. The molecule has 5 rings (SSSR count). The van der Waals surface area contributed by atoms with Crippen molar-refractivity contribution in [3.8, 4) is 0 Å². The van der Waals surface area contributed by atoms with Crippen molar-refractivity contribution in [1.82, 2.24) is 0 Å². The quantitative estimate of drug-likeness (QED) is 0.475. The molecule has 31 heavy (non-hydrogen) atoms. The van der Waals surface area contributed by atoms with Gasteiger partial charge in [0.05, 0.1) is 0 Å². The second-order valence-electron chi connectivity index (χ2n) is 13.1. The summed E-state index contributed by atoms with van der Waals surface area (Å²) in [4.78, 5) is 25.3. The molecule has 0 radical (unpaired) electrons. The Morgan fingerprint density at radius 2 is 1.71 bits per heavy atom. The maximum Gasteiger partial charge on any atom is 0.159 e. The van der Waals surface area contributed by atoms with Crippen LogP contribution in [0.4, 0.5) is 0 Å². The van der Waals surface area contributed by atoms with E-state index in [0.29, 0.717) is 41.8 Å². The summed E-state index contributed by atoms with van der Waals surface area (Å²) >= 11 is 0. The molecule has 0 aromatic carbocycles. The summed E-state index contributed by atoms with van der Waals surface area (Å²) in [6.45, 7) is 12.4. The van der Waals surface area contributed by atoms with Gasteiger partial charge in [-0.05, 0) is 103 Å². The van der Waals surface area contributed by atoms with E-state index < -0.39 is 0 Å². The number of carbonyl (C=O) groups excluding carboxylic acids is 2. The maximum atomic E-state index is 13.2. The van der Waals surface area contributed by atoms with Crippen molar-refractivity contribution < 1.29 is 9.59 Å². The number of Topliss-reactive ketones (excluding diaryl/α,β-unsaturated/α-hetero) is 1. The Morgan fingerprint density at radius 3 is 2.42 bits per heavy atom. The van der Waals surface area contributed by atoms with Gasteiger partial charge >= 0.3 is 0 Å². The lowest BCUT2D eigenvalue weighted by atomic mass is 9.46. The van der Waals surface area contributed by atoms with Crippen LogP contribution in [-0.4, -0.2) is 11.6 Å². The second kappa shape index (κ2) is 7.56. The Morgan fingerprint density at radius 1 is 1.00 bits per heavy atom. The predicted molar refractivity (Wildman–Crippen MR) is 125 cm³/mol. The fourth-order valence-electron chi connectivity index (χ4n) is 9.45. The van der Waals surface area contributed by atoms with Gasteiger partial charge < -0.3 is 0 Å². The van der Waals surface area contributed by atoms with Gasteiger partial charge in [-0.3, -0.25) is 9.59 Å². The summed E-state index contributed by atoms with van der Waals surface area (Å²) < 4.78 is 0. The molecule has 4 fully saturated rings. The zero-order chi connectivity index (χ0) is 22.1. The van der Waals surface area contributed by atoms with Crippen LogP contribution in [0.3, 0.4) is 0 Å². The van der Waals surface area contributed by atoms with Gasteiger partial charge in [0.15, 0.2) is 11.6 Å². The maximum absolute atomic E-state index is 13.2. The summed E-state index contributed by atoms with van der Waals surface area (Å²) in [7, 11) is 0. The van der Waals surface area contributed by atoms with E-state index in [1.54, 1.807) is 6.08 Å². The average molecular weight is 425 g/mol. The van der Waals surface area contributed by atoms with Gasteiger partial charge in [0.25, 0.3) is 0 Å². The summed E-state index contributed by atoms with van der Waals surface area (Å²) in [5, 5.41) is 0. The van der Waals surface area contributed by atoms with Crippen LogP contribution in [0.1, 0.15) is 98.8 Å². The second-order valence-corrected chi connectivity index (χ2v) is 13.1. The Labute approximate surface area is 190 Å². The molecule has 0 bridgehead atoms. The SMILES string of the molecule is C[C@H](CC[C@@H](C)[C@H]1CCC2C3CC(=O)C4=CC(=O)CC[C@]4(C)C3CC[C@@]21C)[C@@H]1C[C@H]1C. The average Bonchev–Trinajstić information content (AvgIpc) is 3.34. The fourth-order valence-corrected chi connectivity index (χ4v) is 9.45. The minimum Gasteiger partial charge on any atom is -0.295 e. The van der Waals surface area contributed by atoms with Crippen molar-refractivity contribution in [1.29, 1.82) is 0 Å². The van der Waals surface area contributed by atoms with Crippen LogP contribution >= 0.6 is 0 Å². The van der Waals surface area contributed by atoms with Gasteiger partial charge in [-0.25, -0.2) is 0 Å². The summed E-state index contributed by atoms with van der Waals surface area (Å²) in [5.41, 5.74) is 1.26. The molecule has 2 nitrogen and oxygen atoms in total. The largest absolute Gasteiger partial charge is 0.295 e. The van der Waals surface area contributed by atoms with Crippen molar-refractivity contribution in [3.05, 3.63) is 11.6 Å². The third-order valence-electron chi connectivity index (χ3n) is 11.5. The van der Waals surface area contributed by atoms with E-state index in [2.05, 4.69) is 34.6 Å². The van der Waals surface area contributed by atoms with Gasteiger partial charge in [-0.1, -0.05) is 47.5 Å². The van der Waals surface area contributed by atoms with E-state index in [1.807, 2.05) is 0 Å². The zero-order valence-electron chi connectivity index (χ0n) is 20.6. The van der Waals surface area contributed by atoms with E-state index in [4.69, 9.17) is 0 Å². The first-order valence-electron chi connectivity index (χ1n) is 13.4. The lowest BCUT2D eigenvalue weighted by Crippen LogP contribution is -2.53. The van der Waals surface area contributed by atoms with Gasteiger partial charge in [0.2, 0.25) is 0 Å². The van der Waals surface area contributed by atoms with E-state index in [0.717, 1.165) is 41.6 Å². The van der Waals surface area contributed by atoms with Crippen molar-refractivity contribution in [2.24, 2.45) is 58.2 Å². The zero-order valence-corrected chi connectivity index (χ0v) is 20.6. The molecule has 3 unspecified atom stereocenters. The van der Waals surface area contributed by atoms with Crippen LogP contribution in [-0.2, 0) is 9.59 Å². The molecular weight excluding hydrogens is 380 g/mol. The number of allylic oxidation sites excluding steroid dienone is 1. The number of carbonyl (C=O) groups is 2. The normalized spacial score (nSPS) is 48.4. The standard InChI is InChI=1S/C29H44O2/c1-17(21-14-19(21)3)6-7-18(2)23-8-9-24-22-16-27(31)26-15-20(30)10-12-29(26,5)25(22)11-13-28(23,24)4/h15,17-19,21-25H,6-14,16H2,1-5H3/t17-,18-,19-,21+,22?,23-,24?,25?,28-,29-/m1/s1. The Bertz CT molecular complexity index is 795. The molecular formula is C29H44O2. The monoisotopic (exact) mass is 424 g/mol. The third-order valence-corrected chi connectivity index (χ3v) is 11.5. The summed E-state index contributed by atoms with van der Waals surface area (Å²) in [6, 6.07) is 0. The van der Waals surface area contributed by atoms with Crippen molar-refractivity contribution >= 4 is 11.6 Å². The molecule has 0 saturated heterocycles. The first kappa shape index (κ1) is 21.9. The molecule has 5 aliphatic rings. The number of fused-ring (bicyclic) bond motifs is 5. The van der Waals surface area contributed by atoms with Crippen LogP contribution in [0, 0.1) is 58.2 Å². The lowest BCUT2D eigenvalue weighted by molar-refractivity contribution is -0.131. The Kier molecular flexibility index (Phi) is 5.34. The summed E-state index contributed by atoms with van der Waals surface area (Å²) in [5.74, 6) is 6.82. The minimum atomic E-state index is -0.0463. The minimum absolute atomic E-state index is 0.0463. The molecule has 0 spiro atoms. The lowest BCUT2D eigenvalue weighted by Gasteiger charge is -2.57. The van der Waals surface area contributed by atoms with E-state index in [9.17, 15) is 9.59 Å². The van der Waals surface area contributed by atoms with Gasteiger partial charge in [0.1, 0.15) is 0 Å². The first-order chi connectivity index (χ1) is 14.6. The van der Waals surface area contributed by atoms with Crippen molar-refractivity contribution in [3.63, 3.8) is 0 Å². The first-order valence-corrected chi connectivity index (χ1v) is 13.4. The third kappa shape index (κ3) is 3.41. The molecule has 0 amide bonds. The van der Waals surface area contributed by atoms with Crippen molar-refractivity contribution in [2.75, 3.05) is 0 Å². The predicted octanol–water partition coefficient (Wildman–Crippen LogP) is 7.02. The van der Waals surface area contributed by atoms with Crippen LogP contribution < -0.4 is 0 Å². The molecule has 10 atom stereocenters. The van der Waals surface area contributed by atoms with Crippen molar-refractivity contribution in [2.45, 2.75) is 98.8 Å². The van der Waals surface area contributed by atoms with E-state index in [-0.39, 0.29) is 11.2 Å². The molecule has 5 aliphatic carbocycles. The van der Waals surface area contributed by atoms with Crippen LogP contribution in [0.5, 0.6) is 0 Å². The number of rotatable bonds is 5. The van der Waals surface area contributed by atoms with Gasteiger partial charge in [-0.2, -0.15) is 0 Å².